The van der Waals surface area contributed by atoms with Crippen molar-refractivity contribution in [1.82, 2.24) is 29.4 Å². The number of aryl methyl sites for hydroxylation is 1. The molecular formula is C33H33N7O2. The fourth-order valence-corrected chi connectivity index (χ4v) is 6.52. The summed E-state index contributed by atoms with van der Waals surface area (Å²) in [6, 6.07) is 16.3. The third kappa shape index (κ3) is 4.18. The minimum atomic E-state index is -0.0287. The topological polar surface area (TPSA) is 111 Å². The molecule has 8 rings (SSSR count). The lowest BCUT2D eigenvalue weighted by molar-refractivity contribution is 0.0708. The van der Waals surface area contributed by atoms with Crippen molar-refractivity contribution in [3.05, 3.63) is 77.0 Å². The van der Waals surface area contributed by atoms with Crippen molar-refractivity contribution in [3.63, 3.8) is 0 Å². The Balaban J connectivity index is 1.20. The maximum atomic E-state index is 13.3. The Morgan fingerprint density at radius 1 is 1.10 bits per heavy atom. The van der Waals surface area contributed by atoms with Crippen molar-refractivity contribution < 1.29 is 9.59 Å². The zero-order valence-corrected chi connectivity index (χ0v) is 23.6. The van der Waals surface area contributed by atoms with Crippen molar-refractivity contribution in [3.8, 4) is 22.6 Å². The number of amides is 2. The molecule has 0 unspecified atom stereocenters. The summed E-state index contributed by atoms with van der Waals surface area (Å²) >= 11 is 0. The zero-order chi connectivity index (χ0) is 28.5. The molecule has 42 heavy (non-hydrogen) atoms. The molecule has 5 aromatic rings. The van der Waals surface area contributed by atoms with Gasteiger partial charge in [-0.05, 0) is 80.5 Å². The third-order valence-corrected chi connectivity index (χ3v) is 9.08. The molecule has 1 saturated carbocycles. The van der Waals surface area contributed by atoms with E-state index in [2.05, 4.69) is 28.9 Å². The predicted octanol–water partition coefficient (Wildman–Crippen LogP) is 4.54. The molecule has 1 saturated heterocycles. The molecular weight excluding hydrogens is 526 g/mol. The number of nitrogens with zero attached hydrogens (tertiary/aromatic N) is 5. The number of piperidine rings is 1. The minimum absolute atomic E-state index is 0.00497. The van der Waals surface area contributed by atoms with Crippen molar-refractivity contribution in [2.45, 2.75) is 51.7 Å². The normalized spacial score (nSPS) is 18.6. The molecule has 6 heterocycles. The van der Waals surface area contributed by atoms with Gasteiger partial charge in [-0.25, -0.2) is 9.50 Å². The van der Waals surface area contributed by atoms with Crippen molar-refractivity contribution in [2.24, 2.45) is 11.7 Å². The number of hydrogen-bond donors (Lipinski definition) is 2. The van der Waals surface area contributed by atoms with Crippen LogP contribution in [-0.2, 0) is 13.1 Å². The van der Waals surface area contributed by atoms with Crippen LogP contribution in [0.25, 0.3) is 39.2 Å². The van der Waals surface area contributed by atoms with Crippen LogP contribution in [0.4, 0.5) is 0 Å². The third-order valence-electron chi connectivity index (χ3n) is 9.08. The fourth-order valence-electron chi connectivity index (χ4n) is 6.52. The Morgan fingerprint density at radius 3 is 2.81 bits per heavy atom. The van der Waals surface area contributed by atoms with E-state index in [9.17, 15) is 9.59 Å². The number of nitrogens with two attached hydrogens (primary N) is 1. The van der Waals surface area contributed by atoms with Crippen LogP contribution >= 0.6 is 0 Å². The Bertz CT molecular complexity index is 1910. The lowest BCUT2D eigenvalue weighted by Gasteiger charge is -2.30. The fraction of sp³-hybridized carbons (Fsp3) is 0.333. The Kier molecular flexibility index (Phi) is 5.72. The first kappa shape index (κ1) is 25.2. The second kappa shape index (κ2) is 9.52. The van der Waals surface area contributed by atoms with E-state index < -0.39 is 0 Å². The summed E-state index contributed by atoms with van der Waals surface area (Å²) in [5, 5.41) is 8.98. The molecule has 0 radical (unpaired) electrons. The summed E-state index contributed by atoms with van der Waals surface area (Å²) in [6.45, 7) is 4.89. The van der Waals surface area contributed by atoms with Gasteiger partial charge in [-0.2, -0.15) is 5.10 Å². The Morgan fingerprint density at radius 2 is 1.98 bits per heavy atom. The standard InChI is InChI=1S/C33H33N7O2/c1-19-28-11-9-24(33(42)38-12-2-3-25(34)18-38)17-40(28)37-30(19)29-14-22-8-10-27(36-31(22)39(29)16-20-4-5-20)21-6-7-23-15-35-32(41)26(23)13-21/h6-11,13-14,17,20,25H,2-5,12,15-16,18,34H2,1H3,(H,35,41)/t25-/m1/s1. The first-order valence-corrected chi connectivity index (χ1v) is 14.9. The molecule has 4 aromatic heterocycles. The highest BCUT2D eigenvalue weighted by molar-refractivity contribution is 5.99. The highest BCUT2D eigenvalue weighted by atomic mass is 16.2. The first-order chi connectivity index (χ1) is 20.4. The molecule has 3 N–H and O–H groups in total. The summed E-state index contributed by atoms with van der Waals surface area (Å²) in [4.78, 5) is 32.6. The van der Waals surface area contributed by atoms with E-state index in [-0.39, 0.29) is 17.9 Å². The second-order valence-electron chi connectivity index (χ2n) is 12.1. The van der Waals surface area contributed by atoms with Crippen LogP contribution in [-0.4, -0.2) is 55.0 Å². The van der Waals surface area contributed by atoms with Gasteiger partial charge in [-0.15, -0.1) is 0 Å². The molecule has 3 aliphatic rings. The lowest BCUT2D eigenvalue weighted by atomic mass is 10.0. The van der Waals surface area contributed by atoms with Crippen molar-refractivity contribution in [2.75, 3.05) is 13.1 Å². The van der Waals surface area contributed by atoms with Gasteiger partial charge >= 0.3 is 0 Å². The highest BCUT2D eigenvalue weighted by Crippen LogP contribution is 2.37. The molecule has 9 heteroatoms. The van der Waals surface area contributed by atoms with Gasteiger partial charge in [0, 0.05) is 60.5 Å². The van der Waals surface area contributed by atoms with Gasteiger partial charge in [0.15, 0.2) is 0 Å². The van der Waals surface area contributed by atoms with Crippen LogP contribution in [0.2, 0.25) is 0 Å². The molecule has 1 atom stereocenters. The molecule has 9 nitrogen and oxygen atoms in total. The SMILES string of the molecule is Cc1c(-c2cc3ccc(-c4ccc5c(c4)C(=O)NC5)nc3n2CC2CC2)nn2cc(C(=O)N3CCC[C@@H](N)C3)ccc12. The number of likely N-dealkylation sites (tertiary alicyclic amines) is 1. The van der Waals surface area contributed by atoms with E-state index in [1.807, 2.05) is 52.0 Å². The van der Waals surface area contributed by atoms with Gasteiger partial charge in [-0.3, -0.25) is 9.59 Å². The molecule has 0 spiro atoms. The maximum Gasteiger partial charge on any atom is 0.255 e. The first-order valence-electron chi connectivity index (χ1n) is 14.9. The zero-order valence-electron chi connectivity index (χ0n) is 23.6. The maximum absolute atomic E-state index is 13.3. The van der Waals surface area contributed by atoms with E-state index in [1.54, 1.807) is 0 Å². The quantitative estimate of drug-likeness (QED) is 0.329. The summed E-state index contributed by atoms with van der Waals surface area (Å²) < 4.78 is 4.15. The number of nitrogens with one attached hydrogen (secondary N) is 1. The van der Waals surface area contributed by atoms with E-state index in [1.165, 1.54) is 12.8 Å². The van der Waals surface area contributed by atoms with Gasteiger partial charge in [0.1, 0.15) is 11.3 Å². The summed E-state index contributed by atoms with van der Waals surface area (Å²) in [5.74, 6) is 0.607. The lowest BCUT2D eigenvalue weighted by Crippen LogP contribution is -2.45. The molecule has 2 amide bonds. The molecule has 1 aliphatic carbocycles. The van der Waals surface area contributed by atoms with Crippen LogP contribution < -0.4 is 11.1 Å². The van der Waals surface area contributed by atoms with Crippen LogP contribution in [0.15, 0.2) is 54.7 Å². The van der Waals surface area contributed by atoms with Crippen molar-refractivity contribution >= 4 is 28.4 Å². The Hall–Kier alpha value is -4.50. The van der Waals surface area contributed by atoms with Crippen LogP contribution in [0.1, 0.15) is 57.5 Å². The smallest absolute Gasteiger partial charge is 0.255 e. The van der Waals surface area contributed by atoms with E-state index >= 15 is 0 Å². The average Bonchev–Trinajstić information content (AvgIpc) is 3.54. The largest absolute Gasteiger partial charge is 0.348 e. The van der Waals surface area contributed by atoms with Gasteiger partial charge < -0.3 is 20.5 Å². The number of carbonyl (C=O) groups excluding carboxylic acids is 2. The van der Waals surface area contributed by atoms with Gasteiger partial charge in [0.05, 0.1) is 22.5 Å². The summed E-state index contributed by atoms with van der Waals surface area (Å²) in [6.07, 6.45) is 6.18. The number of fused-ring (bicyclic) bond motifs is 3. The molecule has 1 aromatic carbocycles. The highest BCUT2D eigenvalue weighted by Gasteiger charge is 2.27. The number of pyridine rings is 2. The van der Waals surface area contributed by atoms with E-state index in [0.717, 1.165) is 81.8 Å². The number of rotatable bonds is 5. The van der Waals surface area contributed by atoms with Crippen LogP contribution in [0.5, 0.6) is 0 Å². The predicted molar refractivity (Wildman–Crippen MR) is 161 cm³/mol. The molecule has 0 bridgehead atoms. The number of benzene rings is 1. The Labute approximate surface area is 243 Å². The van der Waals surface area contributed by atoms with Crippen LogP contribution in [0, 0.1) is 12.8 Å². The van der Waals surface area contributed by atoms with Crippen LogP contribution in [0.3, 0.4) is 0 Å². The number of aromatic nitrogens is 4. The van der Waals surface area contributed by atoms with Gasteiger partial charge in [0.25, 0.3) is 11.8 Å². The monoisotopic (exact) mass is 559 g/mol. The van der Waals surface area contributed by atoms with Gasteiger partial charge in [-0.1, -0.05) is 12.1 Å². The summed E-state index contributed by atoms with van der Waals surface area (Å²) in [5.41, 5.74) is 15.2. The van der Waals surface area contributed by atoms with Crippen molar-refractivity contribution in [1.29, 1.82) is 0 Å². The summed E-state index contributed by atoms with van der Waals surface area (Å²) in [7, 11) is 0. The van der Waals surface area contributed by atoms with E-state index in [0.29, 0.717) is 24.6 Å². The molecule has 2 fully saturated rings. The second-order valence-corrected chi connectivity index (χ2v) is 12.1. The molecule has 212 valence electrons. The minimum Gasteiger partial charge on any atom is -0.348 e. The van der Waals surface area contributed by atoms with E-state index in [4.69, 9.17) is 15.8 Å². The number of carbonyl (C=O) groups is 2. The number of hydrogen-bond acceptors (Lipinski definition) is 5. The van der Waals surface area contributed by atoms with Gasteiger partial charge in [0.2, 0.25) is 0 Å². The average molecular weight is 560 g/mol. The molecule has 2 aliphatic heterocycles.